The number of methoxy groups -OCH3 is 1. The second-order valence-electron chi connectivity index (χ2n) is 6.07. The lowest BCUT2D eigenvalue weighted by Crippen LogP contribution is -2.54. The lowest BCUT2D eigenvalue weighted by Gasteiger charge is -2.43. The molecule has 1 amide bonds. The first kappa shape index (κ1) is 15.6. The summed E-state index contributed by atoms with van der Waals surface area (Å²) in [6, 6.07) is 9.25. The highest BCUT2D eigenvalue weighted by Crippen LogP contribution is 2.41. The molecular formula is C18H21NO4. The summed E-state index contributed by atoms with van der Waals surface area (Å²) in [6.45, 7) is 0.215. The van der Waals surface area contributed by atoms with E-state index in [0.29, 0.717) is 0 Å². The minimum Gasteiger partial charge on any atom is -0.469 e. The maximum Gasteiger partial charge on any atom is 0.407 e. The lowest BCUT2D eigenvalue weighted by atomic mass is 9.66. The quantitative estimate of drug-likeness (QED) is 0.685. The van der Waals surface area contributed by atoms with Crippen LogP contribution in [0.1, 0.15) is 18.4 Å². The predicted octanol–water partition coefficient (Wildman–Crippen LogP) is 2.67. The molecule has 3 aliphatic carbocycles. The number of allylic oxidation sites excluding steroid dienone is 1. The Morgan fingerprint density at radius 2 is 1.83 bits per heavy atom. The lowest BCUT2D eigenvalue weighted by molar-refractivity contribution is -0.150. The van der Waals surface area contributed by atoms with Gasteiger partial charge in [-0.3, -0.25) is 4.79 Å². The van der Waals surface area contributed by atoms with Crippen LogP contribution in [0, 0.1) is 17.8 Å². The zero-order valence-corrected chi connectivity index (χ0v) is 13.1. The van der Waals surface area contributed by atoms with Gasteiger partial charge in [0.1, 0.15) is 6.61 Å². The van der Waals surface area contributed by atoms with Crippen LogP contribution >= 0.6 is 0 Å². The molecule has 0 heterocycles. The molecule has 1 N–H and O–H groups in total. The molecule has 2 bridgehead atoms. The van der Waals surface area contributed by atoms with Gasteiger partial charge in [-0.05, 0) is 30.2 Å². The van der Waals surface area contributed by atoms with Crippen molar-refractivity contribution in [2.45, 2.75) is 25.5 Å². The van der Waals surface area contributed by atoms with Crippen LogP contribution < -0.4 is 5.32 Å². The standard InChI is InChI=1S/C18H21NO4/c1-22-17(20)15-13-7-9-14(10-8-13)16(15)19-18(21)23-11-12-5-3-2-4-6-12/h2-7,9,13-16H,8,10-11H2,1H3,(H,19,21)/t13-,14?,15-,16?/m0/s1. The maximum atomic E-state index is 12.1. The molecule has 4 atom stereocenters. The van der Waals surface area contributed by atoms with Crippen LogP contribution in [0.5, 0.6) is 0 Å². The van der Waals surface area contributed by atoms with E-state index in [1.807, 2.05) is 30.3 Å². The van der Waals surface area contributed by atoms with Crippen molar-refractivity contribution in [3.05, 3.63) is 48.0 Å². The first-order valence-corrected chi connectivity index (χ1v) is 7.92. The Morgan fingerprint density at radius 1 is 1.13 bits per heavy atom. The predicted molar refractivity (Wildman–Crippen MR) is 84.4 cm³/mol. The molecule has 23 heavy (non-hydrogen) atoms. The number of amides is 1. The highest BCUT2D eigenvalue weighted by atomic mass is 16.5. The van der Waals surface area contributed by atoms with Crippen molar-refractivity contribution < 1.29 is 19.1 Å². The minimum absolute atomic E-state index is 0.131. The molecule has 1 aromatic rings. The fraction of sp³-hybridized carbons (Fsp3) is 0.444. The Balaban J connectivity index is 1.62. The molecule has 122 valence electrons. The SMILES string of the molecule is COC(=O)[C@@H]1C(NC(=O)OCc2ccccc2)C2C=C[C@H]1CC2. The first-order valence-electron chi connectivity index (χ1n) is 7.92. The number of nitrogens with one attached hydrogen (secondary N) is 1. The molecule has 0 spiro atoms. The van der Waals surface area contributed by atoms with Crippen LogP contribution in [0.2, 0.25) is 0 Å². The van der Waals surface area contributed by atoms with Gasteiger partial charge < -0.3 is 14.8 Å². The fourth-order valence-corrected chi connectivity index (χ4v) is 3.55. The topological polar surface area (TPSA) is 64.6 Å². The third-order valence-electron chi connectivity index (χ3n) is 4.72. The van der Waals surface area contributed by atoms with E-state index in [1.165, 1.54) is 7.11 Å². The number of alkyl carbamates (subject to hydrolysis) is 1. The summed E-state index contributed by atoms with van der Waals surface area (Å²) in [4.78, 5) is 24.2. The average Bonchev–Trinajstić information content (AvgIpc) is 2.61. The zero-order valence-electron chi connectivity index (χ0n) is 13.1. The van der Waals surface area contributed by atoms with E-state index in [9.17, 15) is 9.59 Å². The maximum absolute atomic E-state index is 12.1. The zero-order chi connectivity index (χ0) is 16.2. The van der Waals surface area contributed by atoms with E-state index in [0.717, 1.165) is 18.4 Å². The van der Waals surface area contributed by atoms with E-state index in [1.54, 1.807) is 0 Å². The van der Waals surface area contributed by atoms with E-state index in [-0.39, 0.29) is 36.4 Å². The van der Waals surface area contributed by atoms with Gasteiger partial charge in [-0.1, -0.05) is 42.5 Å². The van der Waals surface area contributed by atoms with E-state index in [2.05, 4.69) is 17.5 Å². The molecule has 0 saturated heterocycles. The molecule has 1 saturated carbocycles. The van der Waals surface area contributed by atoms with Gasteiger partial charge in [0.05, 0.1) is 19.1 Å². The van der Waals surface area contributed by atoms with Crippen molar-refractivity contribution in [1.29, 1.82) is 0 Å². The van der Waals surface area contributed by atoms with E-state index < -0.39 is 6.09 Å². The van der Waals surface area contributed by atoms with Crippen LogP contribution in [-0.2, 0) is 20.9 Å². The van der Waals surface area contributed by atoms with Gasteiger partial charge in [0.15, 0.2) is 0 Å². The smallest absolute Gasteiger partial charge is 0.407 e. The monoisotopic (exact) mass is 315 g/mol. The molecule has 5 heteroatoms. The van der Waals surface area contributed by atoms with Crippen LogP contribution in [0.4, 0.5) is 4.79 Å². The molecule has 3 aliphatic rings. The molecule has 1 aromatic carbocycles. The number of hydrogen-bond acceptors (Lipinski definition) is 4. The molecule has 0 aliphatic heterocycles. The summed E-state index contributed by atoms with van der Waals surface area (Å²) in [5.41, 5.74) is 0.928. The Labute approximate surface area is 135 Å². The highest BCUT2D eigenvalue weighted by Gasteiger charge is 2.46. The van der Waals surface area contributed by atoms with E-state index >= 15 is 0 Å². The number of esters is 1. The molecular weight excluding hydrogens is 294 g/mol. The number of carbonyl (C=O) groups excluding carboxylic acids is 2. The van der Waals surface area contributed by atoms with Crippen LogP contribution in [0.25, 0.3) is 0 Å². The second-order valence-corrected chi connectivity index (χ2v) is 6.07. The Bertz CT molecular complexity index is 598. The van der Waals surface area contributed by atoms with Gasteiger partial charge in [-0.25, -0.2) is 4.79 Å². The molecule has 1 fully saturated rings. The number of benzene rings is 1. The fourth-order valence-electron chi connectivity index (χ4n) is 3.55. The third kappa shape index (κ3) is 3.38. The molecule has 0 radical (unpaired) electrons. The Kier molecular flexibility index (Phi) is 4.65. The van der Waals surface area contributed by atoms with Crippen LogP contribution in [-0.4, -0.2) is 25.2 Å². The van der Waals surface area contributed by atoms with Gasteiger partial charge in [-0.15, -0.1) is 0 Å². The van der Waals surface area contributed by atoms with E-state index in [4.69, 9.17) is 9.47 Å². The summed E-state index contributed by atoms with van der Waals surface area (Å²) in [5, 5.41) is 2.87. The van der Waals surface area contributed by atoms with Crippen molar-refractivity contribution in [1.82, 2.24) is 5.32 Å². The summed E-state index contributed by atoms with van der Waals surface area (Å²) < 4.78 is 10.2. The number of rotatable bonds is 4. The third-order valence-corrected chi connectivity index (χ3v) is 4.72. The molecule has 2 unspecified atom stereocenters. The summed E-state index contributed by atoms with van der Waals surface area (Å²) >= 11 is 0. The van der Waals surface area contributed by atoms with Gasteiger partial charge in [0.2, 0.25) is 0 Å². The normalized spacial score (nSPS) is 28.2. The average molecular weight is 315 g/mol. The van der Waals surface area contributed by atoms with Gasteiger partial charge in [-0.2, -0.15) is 0 Å². The summed E-state index contributed by atoms with van der Waals surface area (Å²) in [6.07, 6.45) is 5.60. The molecule has 0 aromatic heterocycles. The van der Waals surface area contributed by atoms with Crippen LogP contribution in [0.3, 0.4) is 0 Å². The number of ether oxygens (including phenoxy) is 2. The number of carbonyl (C=O) groups is 2. The van der Waals surface area contributed by atoms with Crippen molar-refractivity contribution in [2.24, 2.45) is 17.8 Å². The summed E-state index contributed by atoms with van der Waals surface area (Å²) in [5.74, 6) is -0.300. The molecule has 4 rings (SSSR count). The van der Waals surface area contributed by atoms with Gasteiger partial charge in [0, 0.05) is 0 Å². The second kappa shape index (κ2) is 6.86. The van der Waals surface area contributed by atoms with Crippen molar-refractivity contribution in [3.8, 4) is 0 Å². The number of hydrogen-bond donors (Lipinski definition) is 1. The Morgan fingerprint density at radius 3 is 2.48 bits per heavy atom. The molecule has 5 nitrogen and oxygen atoms in total. The minimum atomic E-state index is -0.492. The van der Waals surface area contributed by atoms with Crippen LogP contribution in [0.15, 0.2) is 42.5 Å². The largest absolute Gasteiger partial charge is 0.469 e. The highest BCUT2D eigenvalue weighted by molar-refractivity contribution is 5.76. The van der Waals surface area contributed by atoms with Gasteiger partial charge >= 0.3 is 12.1 Å². The summed E-state index contributed by atoms with van der Waals surface area (Å²) in [7, 11) is 1.39. The first-order chi connectivity index (χ1) is 11.2. The van der Waals surface area contributed by atoms with Crippen molar-refractivity contribution >= 4 is 12.1 Å². The van der Waals surface area contributed by atoms with Crippen molar-refractivity contribution in [2.75, 3.05) is 7.11 Å². The van der Waals surface area contributed by atoms with Gasteiger partial charge in [0.25, 0.3) is 0 Å². The van der Waals surface area contributed by atoms with Crippen molar-refractivity contribution in [3.63, 3.8) is 0 Å². The Hall–Kier alpha value is -2.30. The number of fused-ring (bicyclic) bond motifs is 2.